The number of hydrogen-bond acceptors (Lipinski definition) is 0. The Hall–Kier alpha value is 1.59. The molecular weight excluding hydrogens is 234 g/mol. The highest BCUT2D eigenvalue weighted by Gasteiger charge is 2.21. The van der Waals surface area contributed by atoms with Gasteiger partial charge in [-0.05, 0) is 18.6 Å². The van der Waals surface area contributed by atoms with Crippen LogP contribution in [0.5, 0.6) is 0 Å². The molecule has 0 atom stereocenters. The molecule has 0 bridgehead atoms. The lowest BCUT2D eigenvalue weighted by molar-refractivity contribution is 1.40. The molecule has 9 heavy (non-hydrogen) atoms. The van der Waals surface area contributed by atoms with Gasteiger partial charge in [-0.15, -0.1) is 22.2 Å². The van der Waals surface area contributed by atoms with Gasteiger partial charge in [0.05, 0.1) is 0 Å². The van der Waals surface area contributed by atoms with E-state index in [1.54, 1.807) is 0 Å². The number of halogens is 4. The van der Waals surface area contributed by atoms with Crippen molar-refractivity contribution < 1.29 is 0 Å². The van der Waals surface area contributed by atoms with Crippen LogP contribution in [0.2, 0.25) is 18.6 Å². The van der Waals surface area contributed by atoms with Crippen molar-refractivity contribution in [2.75, 3.05) is 0 Å². The highest BCUT2D eigenvalue weighted by molar-refractivity contribution is 7.45. The highest BCUT2D eigenvalue weighted by Crippen LogP contribution is 2.24. The molecule has 0 aromatic rings. The molecule has 0 saturated heterocycles. The van der Waals surface area contributed by atoms with Gasteiger partial charge in [-0.2, -0.15) is 22.2 Å². The SMILES string of the molecule is C[Si](Cl)(Cl)CC[SiH](Cl)Cl. The summed E-state index contributed by atoms with van der Waals surface area (Å²) in [5.41, 5.74) is 0. The van der Waals surface area contributed by atoms with Crippen molar-refractivity contribution in [3.8, 4) is 0 Å². The summed E-state index contributed by atoms with van der Waals surface area (Å²) in [6.45, 7) is -0.0341. The third-order valence-corrected chi connectivity index (χ3v) is 5.71. The van der Waals surface area contributed by atoms with Crippen molar-refractivity contribution in [3.05, 3.63) is 0 Å². The lowest BCUT2D eigenvalue weighted by Gasteiger charge is -2.08. The van der Waals surface area contributed by atoms with Crippen LogP contribution in [-0.2, 0) is 0 Å². The molecule has 0 nitrogen and oxygen atoms in total. The Kier molecular flexibility index (Phi) is 5.26. The first kappa shape index (κ1) is 10.6. The number of rotatable bonds is 3. The molecule has 0 fully saturated rings. The summed E-state index contributed by atoms with van der Waals surface area (Å²) in [5, 5.41) is 0. The molecule has 0 N–H and O–H groups in total. The maximum Gasteiger partial charge on any atom is 0.248 e. The molecule has 0 aliphatic carbocycles. The fraction of sp³-hybridized carbons (Fsp3) is 1.00. The zero-order chi connectivity index (χ0) is 7.49. The van der Waals surface area contributed by atoms with E-state index < -0.39 is 14.1 Å². The predicted molar refractivity (Wildman–Crippen MR) is 51.8 cm³/mol. The standard InChI is InChI=1S/C3H8Cl4Si2/c1-9(6,7)3-2-8(4)5/h8H,2-3H2,1H3. The van der Waals surface area contributed by atoms with Gasteiger partial charge in [0.25, 0.3) is 0 Å². The summed E-state index contributed by atoms with van der Waals surface area (Å²) in [7, 11) is -1.46. The average molecular weight is 242 g/mol. The second kappa shape index (κ2) is 4.47. The quantitative estimate of drug-likeness (QED) is 0.526. The van der Waals surface area contributed by atoms with E-state index in [1.165, 1.54) is 0 Å². The summed E-state index contributed by atoms with van der Waals surface area (Å²) < 4.78 is 0. The molecule has 0 aromatic carbocycles. The molecule has 0 aliphatic rings. The Morgan fingerprint density at radius 2 is 1.78 bits per heavy atom. The van der Waals surface area contributed by atoms with E-state index in [-0.39, 0.29) is 0 Å². The molecule has 0 saturated carbocycles. The van der Waals surface area contributed by atoms with Crippen molar-refractivity contribution in [2.24, 2.45) is 0 Å². The lowest BCUT2D eigenvalue weighted by Crippen LogP contribution is -2.13. The van der Waals surface area contributed by atoms with Gasteiger partial charge in [0.1, 0.15) is 0 Å². The largest absolute Gasteiger partial charge is 0.248 e. The minimum absolute atomic E-state index is 0.819. The average Bonchev–Trinajstić information content (AvgIpc) is 1.59. The predicted octanol–water partition coefficient (Wildman–Crippen LogP) is 3.23. The summed E-state index contributed by atoms with van der Waals surface area (Å²) in [4.78, 5) is 0. The van der Waals surface area contributed by atoms with E-state index in [0.717, 1.165) is 12.1 Å². The van der Waals surface area contributed by atoms with E-state index in [4.69, 9.17) is 44.3 Å². The van der Waals surface area contributed by atoms with Gasteiger partial charge in [0, 0.05) is 0 Å². The molecule has 0 rings (SSSR count). The molecule has 0 heterocycles. The first-order valence-corrected chi connectivity index (χ1v) is 11.6. The van der Waals surface area contributed by atoms with E-state index >= 15 is 0 Å². The van der Waals surface area contributed by atoms with Gasteiger partial charge in [-0.3, -0.25) is 0 Å². The fourth-order valence-corrected chi connectivity index (χ4v) is 7.19. The molecule has 0 amide bonds. The summed E-state index contributed by atoms with van der Waals surface area (Å²) in [5.74, 6) is 0. The summed E-state index contributed by atoms with van der Waals surface area (Å²) in [6, 6.07) is 1.65. The van der Waals surface area contributed by atoms with E-state index in [0.29, 0.717) is 0 Å². The molecule has 0 aromatic heterocycles. The van der Waals surface area contributed by atoms with Crippen molar-refractivity contribution in [1.82, 2.24) is 0 Å². The van der Waals surface area contributed by atoms with E-state index in [9.17, 15) is 0 Å². The van der Waals surface area contributed by atoms with Crippen molar-refractivity contribution >= 4 is 58.4 Å². The molecule has 56 valence electrons. The van der Waals surface area contributed by atoms with Crippen LogP contribution in [0.3, 0.4) is 0 Å². The van der Waals surface area contributed by atoms with E-state index in [2.05, 4.69) is 0 Å². The van der Waals surface area contributed by atoms with Gasteiger partial charge in [-0.1, -0.05) is 0 Å². The third-order valence-electron chi connectivity index (χ3n) is 0.802. The van der Waals surface area contributed by atoms with Crippen molar-refractivity contribution in [1.29, 1.82) is 0 Å². The maximum absolute atomic E-state index is 5.79. The highest BCUT2D eigenvalue weighted by atomic mass is 35.7. The fourth-order valence-electron chi connectivity index (χ4n) is 0.363. The first-order valence-electron chi connectivity index (χ1n) is 2.58. The topological polar surface area (TPSA) is 0 Å². The van der Waals surface area contributed by atoms with Crippen molar-refractivity contribution in [2.45, 2.75) is 18.6 Å². The Labute approximate surface area is 76.9 Å². The molecule has 0 radical (unpaired) electrons. The normalized spacial score (nSPS) is 12.7. The second-order valence-electron chi connectivity index (χ2n) is 2.00. The van der Waals surface area contributed by atoms with Crippen molar-refractivity contribution in [3.63, 3.8) is 0 Å². The van der Waals surface area contributed by atoms with Crippen LogP contribution in [0, 0.1) is 0 Å². The van der Waals surface area contributed by atoms with Crippen LogP contribution in [-0.4, -0.2) is 14.1 Å². The van der Waals surface area contributed by atoms with Crippen LogP contribution in [0.25, 0.3) is 0 Å². The lowest BCUT2D eigenvalue weighted by atomic mass is 11.0. The Bertz CT molecular complexity index is 78.4. The van der Waals surface area contributed by atoms with E-state index in [1.807, 2.05) is 6.55 Å². The monoisotopic (exact) mass is 240 g/mol. The molecule has 0 unspecified atom stereocenters. The maximum atomic E-state index is 5.79. The van der Waals surface area contributed by atoms with Gasteiger partial charge < -0.3 is 0 Å². The Balaban J connectivity index is 3.28. The Morgan fingerprint density at radius 1 is 1.33 bits per heavy atom. The summed E-state index contributed by atoms with van der Waals surface area (Å²) in [6.07, 6.45) is 0. The molecule has 6 heteroatoms. The van der Waals surface area contributed by atoms with Gasteiger partial charge >= 0.3 is 0 Å². The molecule has 0 aliphatic heterocycles. The zero-order valence-electron chi connectivity index (χ0n) is 5.00. The zero-order valence-corrected chi connectivity index (χ0v) is 10.2. The second-order valence-corrected chi connectivity index (χ2v) is 15.4. The molecule has 0 spiro atoms. The van der Waals surface area contributed by atoms with Crippen LogP contribution >= 0.6 is 44.3 Å². The van der Waals surface area contributed by atoms with Gasteiger partial charge in [-0.25, -0.2) is 0 Å². The molecular formula is C3H8Cl4Si2. The number of hydrogen-bond donors (Lipinski definition) is 0. The minimum Gasteiger partial charge on any atom is -0.150 e. The summed E-state index contributed by atoms with van der Waals surface area (Å²) >= 11 is 22.8. The first-order chi connectivity index (χ1) is 3.92. The third kappa shape index (κ3) is 9.59. The minimum atomic E-state index is -1.91. The van der Waals surface area contributed by atoms with Crippen LogP contribution in [0.15, 0.2) is 0 Å². The Morgan fingerprint density at radius 3 is 1.89 bits per heavy atom. The van der Waals surface area contributed by atoms with Gasteiger partial charge in [0.2, 0.25) is 14.1 Å². The smallest absolute Gasteiger partial charge is 0.150 e. The van der Waals surface area contributed by atoms with Gasteiger partial charge in [0.15, 0.2) is 0 Å². The van der Waals surface area contributed by atoms with Crippen LogP contribution in [0.4, 0.5) is 0 Å². The van der Waals surface area contributed by atoms with Crippen LogP contribution < -0.4 is 0 Å². The van der Waals surface area contributed by atoms with Crippen LogP contribution in [0.1, 0.15) is 0 Å².